The van der Waals surface area contributed by atoms with E-state index >= 15 is 0 Å². The molecule has 0 saturated carbocycles. The molecule has 0 aliphatic rings. The van der Waals surface area contributed by atoms with Crippen molar-refractivity contribution in [1.29, 1.82) is 0 Å². The zero-order valence-electron chi connectivity index (χ0n) is 12.6. The number of benzene rings is 1. The van der Waals surface area contributed by atoms with Crippen LogP contribution >= 0.6 is 0 Å². The van der Waals surface area contributed by atoms with Crippen molar-refractivity contribution in [3.05, 3.63) is 34.9 Å². The highest BCUT2D eigenvalue weighted by Crippen LogP contribution is 2.11. The van der Waals surface area contributed by atoms with Crippen LogP contribution in [0.2, 0.25) is 0 Å². The Labute approximate surface area is 116 Å². The molecule has 0 aliphatic heterocycles. The van der Waals surface area contributed by atoms with Crippen molar-refractivity contribution in [3.63, 3.8) is 0 Å². The Morgan fingerprint density at radius 1 is 1.26 bits per heavy atom. The van der Waals surface area contributed by atoms with Gasteiger partial charge in [0.15, 0.2) is 0 Å². The summed E-state index contributed by atoms with van der Waals surface area (Å²) < 4.78 is 5.42. The molecule has 0 radical (unpaired) electrons. The van der Waals surface area contributed by atoms with Crippen molar-refractivity contribution < 1.29 is 9.53 Å². The summed E-state index contributed by atoms with van der Waals surface area (Å²) in [6, 6.07) is 5.84. The Bertz CT molecular complexity index is 427. The zero-order chi connectivity index (χ0) is 14.4. The van der Waals surface area contributed by atoms with Crippen LogP contribution in [0.5, 0.6) is 0 Å². The number of ether oxygens (including phenoxy) is 1. The molecular weight excluding hydrogens is 238 g/mol. The average Bonchev–Trinajstić information content (AvgIpc) is 2.37. The van der Waals surface area contributed by atoms with E-state index in [0.717, 1.165) is 5.56 Å². The first-order valence-electron chi connectivity index (χ1n) is 6.91. The fourth-order valence-corrected chi connectivity index (χ4v) is 1.78. The maximum atomic E-state index is 12.2. The number of nitrogens with one attached hydrogen (secondary N) is 1. The first-order chi connectivity index (χ1) is 8.95. The largest absolute Gasteiger partial charge is 0.380 e. The number of amides is 1. The van der Waals surface area contributed by atoms with E-state index in [2.05, 4.69) is 19.2 Å². The lowest BCUT2D eigenvalue weighted by molar-refractivity contribution is 0.0806. The molecule has 0 saturated heterocycles. The van der Waals surface area contributed by atoms with Crippen LogP contribution in [0, 0.1) is 19.8 Å². The molecule has 1 aromatic rings. The molecular formula is C16H25NO2. The van der Waals surface area contributed by atoms with E-state index in [1.807, 2.05) is 39.0 Å². The summed E-state index contributed by atoms with van der Waals surface area (Å²) >= 11 is 0. The molecule has 1 aromatic carbocycles. The molecule has 1 N–H and O–H groups in total. The third-order valence-corrected chi connectivity index (χ3v) is 3.39. The van der Waals surface area contributed by atoms with Crippen LogP contribution in [-0.4, -0.2) is 25.2 Å². The van der Waals surface area contributed by atoms with Crippen LogP contribution in [0.25, 0.3) is 0 Å². The lowest BCUT2D eigenvalue weighted by Gasteiger charge is -2.22. The van der Waals surface area contributed by atoms with E-state index in [4.69, 9.17) is 4.74 Å². The normalized spacial score (nSPS) is 12.5. The van der Waals surface area contributed by atoms with Gasteiger partial charge in [-0.15, -0.1) is 0 Å². The number of rotatable bonds is 6. The summed E-state index contributed by atoms with van der Waals surface area (Å²) in [5.74, 6) is 0.323. The number of carbonyl (C=O) groups excluding carboxylic acids is 1. The van der Waals surface area contributed by atoms with Crippen LogP contribution in [0.1, 0.15) is 42.3 Å². The maximum absolute atomic E-state index is 12.2. The summed E-state index contributed by atoms with van der Waals surface area (Å²) in [7, 11) is 0. The topological polar surface area (TPSA) is 38.3 Å². The predicted molar refractivity (Wildman–Crippen MR) is 78.5 cm³/mol. The SMILES string of the molecule is CCOC[C@@H](NC(=O)c1ccc(C)c(C)c1)C(C)C. The Morgan fingerprint density at radius 3 is 2.47 bits per heavy atom. The molecule has 0 aliphatic carbocycles. The van der Waals surface area contributed by atoms with Gasteiger partial charge in [-0.3, -0.25) is 4.79 Å². The molecule has 19 heavy (non-hydrogen) atoms. The van der Waals surface area contributed by atoms with Gasteiger partial charge in [-0.25, -0.2) is 0 Å². The molecule has 106 valence electrons. The standard InChI is InChI=1S/C16H25NO2/c1-6-19-10-15(11(2)3)17-16(18)14-8-7-12(4)13(5)9-14/h7-9,11,15H,6,10H2,1-5H3,(H,17,18)/t15-/m1/s1. The first kappa shape index (κ1) is 15.7. The summed E-state index contributed by atoms with van der Waals surface area (Å²) in [6.07, 6.45) is 0. The zero-order valence-corrected chi connectivity index (χ0v) is 12.6. The van der Waals surface area contributed by atoms with Gasteiger partial charge >= 0.3 is 0 Å². The number of hydrogen-bond acceptors (Lipinski definition) is 2. The maximum Gasteiger partial charge on any atom is 0.251 e. The van der Waals surface area contributed by atoms with Gasteiger partial charge in [0.2, 0.25) is 0 Å². The van der Waals surface area contributed by atoms with Gasteiger partial charge in [0.1, 0.15) is 0 Å². The number of hydrogen-bond donors (Lipinski definition) is 1. The fraction of sp³-hybridized carbons (Fsp3) is 0.562. The van der Waals surface area contributed by atoms with Crippen molar-refractivity contribution in [3.8, 4) is 0 Å². The lowest BCUT2D eigenvalue weighted by atomic mass is 10.0. The molecule has 1 rings (SSSR count). The number of aryl methyl sites for hydroxylation is 2. The molecule has 3 nitrogen and oxygen atoms in total. The Morgan fingerprint density at radius 2 is 1.95 bits per heavy atom. The van der Waals surface area contributed by atoms with Crippen molar-refractivity contribution in [2.45, 2.75) is 40.7 Å². The molecule has 1 amide bonds. The highest BCUT2D eigenvalue weighted by Gasteiger charge is 2.17. The van der Waals surface area contributed by atoms with E-state index in [0.29, 0.717) is 24.7 Å². The summed E-state index contributed by atoms with van der Waals surface area (Å²) in [4.78, 5) is 12.2. The van der Waals surface area contributed by atoms with E-state index in [9.17, 15) is 4.79 Å². The second-order valence-electron chi connectivity index (χ2n) is 5.28. The second-order valence-corrected chi connectivity index (χ2v) is 5.28. The minimum absolute atomic E-state index is 0.0264. The van der Waals surface area contributed by atoms with Crippen molar-refractivity contribution in [2.24, 2.45) is 5.92 Å². The smallest absolute Gasteiger partial charge is 0.251 e. The van der Waals surface area contributed by atoms with Gasteiger partial charge in [-0.05, 0) is 49.9 Å². The Balaban J connectivity index is 2.73. The van der Waals surface area contributed by atoms with Crippen molar-refractivity contribution in [1.82, 2.24) is 5.32 Å². The van der Waals surface area contributed by atoms with Gasteiger partial charge in [0.05, 0.1) is 12.6 Å². The van der Waals surface area contributed by atoms with Crippen LogP contribution in [0.3, 0.4) is 0 Å². The summed E-state index contributed by atoms with van der Waals surface area (Å²) in [5.41, 5.74) is 3.05. The van der Waals surface area contributed by atoms with E-state index < -0.39 is 0 Å². The fourth-order valence-electron chi connectivity index (χ4n) is 1.78. The third kappa shape index (κ3) is 4.67. The third-order valence-electron chi connectivity index (χ3n) is 3.39. The lowest BCUT2D eigenvalue weighted by Crippen LogP contribution is -2.41. The Kier molecular flexibility index (Phi) is 6.03. The molecule has 3 heteroatoms. The van der Waals surface area contributed by atoms with Gasteiger partial charge < -0.3 is 10.1 Å². The average molecular weight is 263 g/mol. The number of carbonyl (C=O) groups is 1. The molecule has 0 aromatic heterocycles. The second kappa shape index (κ2) is 7.29. The summed E-state index contributed by atoms with van der Waals surface area (Å²) in [5, 5.41) is 3.05. The predicted octanol–water partition coefficient (Wildman–Crippen LogP) is 3.09. The monoisotopic (exact) mass is 263 g/mol. The molecule has 0 unspecified atom stereocenters. The van der Waals surface area contributed by atoms with E-state index in [1.165, 1.54) is 5.56 Å². The highest BCUT2D eigenvalue weighted by atomic mass is 16.5. The molecule has 1 atom stereocenters. The molecule has 0 heterocycles. The molecule has 0 bridgehead atoms. The quantitative estimate of drug-likeness (QED) is 0.856. The Hall–Kier alpha value is -1.35. The minimum atomic E-state index is -0.0264. The van der Waals surface area contributed by atoms with Crippen LogP contribution < -0.4 is 5.32 Å². The van der Waals surface area contributed by atoms with E-state index in [-0.39, 0.29) is 11.9 Å². The van der Waals surface area contributed by atoms with Gasteiger partial charge in [0.25, 0.3) is 5.91 Å². The molecule has 0 spiro atoms. The van der Waals surface area contributed by atoms with Gasteiger partial charge in [-0.1, -0.05) is 19.9 Å². The van der Waals surface area contributed by atoms with Crippen LogP contribution in [0.15, 0.2) is 18.2 Å². The van der Waals surface area contributed by atoms with Crippen LogP contribution in [-0.2, 0) is 4.74 Å². The van der Waals surface area contributed by atoms with Crippen molar-refractivity contribution >= 4 is 5.91 Å². The minimum Gasteiger partial charge on any atom is -0.380 e. The first-order valence-corrected chi connectivity index (χ1v) is 6.91. The molecule has 0 fully saturated rings. The summed E-state index contributed by atoms with van der Waals surface area (Å²) in [6.45, 7) is 11.4. The van der Waals surface area contributed by atoms with Crippen molar-refractivity contribution in [2.75, 3.05) is 13.2 Å². The highest BCUT2D eigenvalue weighted by molar-refractivity contribution is 5.94. The van der Waals surface area contributed by atoms with Gasteiger partial charge in [-0.2, -0.15) is 0 Å². The van der Waals surface area contributed by atoms with E-state index in [1.54, 1.807) is 0 Å². The van der Waals surface area contributed by atoms with Crippen LogP contribution in [0.4, 0.5) is 0 Å². The van der Waals surface area contributed by atoms with Gasteiger partial charge in [0, 0.05) is 12.2 Å².